The van der Waals surface area contributed by atoms with Crippen LogP contribution in [0.15, 0.2) is 65.8 Å². The maximum atomic E-state index is 12.1. The summed E-state index contributed by atoms with van der Waals surface area (Å²) in [6, 6.07) is 18.3. The maximum absolute atomic E-state index is 12.1. The highest BCUT2D eigenvalue weighted by Gasteiger charge is 2.09. The molecule has 0 saturated carbocycles. The molecule has 0 aliphatic carbocycles. The average molecular weight is 405 g/mol. The van der Waals surface area contributed by atoms with Gasteiger partial charge in [0.2, 0.25) is 0 Å². The Morgan fingerprint density at radius 2 is 1.80 bits per heavy atom. The Kier molecular flexibility index (Phi) is 7.00. The van der Waals surface area contributed by atoms with Crippen molar-refractivity contribution < 1.29 is 19.1 Å². The van der Waals surface area contributed by atoms with Crippen LogP contribution < -0.4 is 20.2 Å². The van der Waals surface area contributed by atoms with Crippen molar-refractivity contribution in [3.05, 3.63) is 71.8 Å². The highest BCUT2D eigenvalue weighted by atomic mass is 16.5. The summed E-state index contributed by atoms with van der Waals surface area (Å²) in [7, 11) is 1.55. The zero-order valence-corrected chi connectivity index (χ0v) is 16.8. The first-order chi connectivity index (χ1) is 14.6. The number of nitrogens with zero attached hydrogens (tertiary/aromatic N) is 1. The molecule has 3 aromatic rings. The third-order valence-electron chi connectivity index (χ3n) is 4.38. The summed E-state index contributed by atoms with van der Waals surface area (Å²) in [6.07, 6.45) is 1.55. The Bertz CT molecular complexity index is 1060. The minimum absolute atomic E-state index is 0.198. The van der Waals surface area contributed by atoms with Crippen LogP contribution >= 0.6 is 0 Å². The fraction of sp³-hybridized carbons (Fsp3) is 0.174. The third-order valence-corrected chi connectivity index (χ3v) is 4.38. The quantitative estimate of drug-likeness (QED) is 0.445. The number of hydrazone groups is 1. The van der Waals surface area contributed by atoms with Crippen molar-refractivity contribution in [2.75, 3.05) is 20.3 Å². The Balaban J connectivity index is 1.61. The van der Waals surface area contributed by atoms with E-state index >= 15 is 0 Å². The third kappa shape index (κ3) is 5.14. The molecule has 0 spiro atoms. The highest BCUT2D eigenvalue weighted by Crippen LogP contribution is 2.26. The predicted octanol–water partition coefficient (Wildman–Crippen LogP) is 3.13. The first-order valence-electron chi connectivity index (χ1n) is 9.51. The van der Waals surface area contributed by atoms with Gasteiger partial charge >= 0.3 is 0 Å². The van der Waals surface area contributed by atoms with Crippen LogP contribution in [0.4, 0.5) is 0 Å². The fourth-order valence-corrected chi connectivity index (χ4v) is 2.90. The van der Waals surface area contributed by atoms with E-state index < -0.39 is 5.91 Å². The smallest absolute Gasteiger partial charge is 0.259 e. The molecule has 0 fully saturated rings. The van der Waals surface area contributed by atoms with Gasteiger partial charge in [-0.1, -0.05) is 30.3 Å². The Morgan fingerprint density at radius 3 is 2.53 bits per heavy atom. The second-order valence-electron chi connectivity index (χ2n) is 6.34. The Morgan fingerprint density at radius 1 is 1.03 bits per heavy atom. The van der Waals surface area contributed by atoms with E-state index in [9.17, 15) is 9.59 Å². The molecule has 0 atom stereocenters. The molecule has 3 aromatic carbocycles. The van der Waals surface area contributed by atoms with E-state index in [4.69, 9.17) is 9.47 Å². The highest BCUT2D eigenvalue weighted by molar-refractivity contribution is 6.03. The number of hydrogen-bond acceptors (Lipinski definition) is 5. The van der Waals surface area contributed by atoms with Gasteiger partial charge in [-0.2, -0.15) is 5.10 Å². The van der Waals surface area contributed by atoms with Crippen LogP contribution in [-0.2, 0) is 4.79 Å². The van der Waals surface area contributed by atoms with E-state index in [-0.39, 0.29) is 12.5 Å². The monoisotopic (exact) mass is 405 g/mol. The molecule has 3 rings (SSSR count). The molecule has 0 radical (unpaired) electrons. The van der Waals surface area contributed by atoms with Crippen molar-refractivity contribution in [3.63, 3.8) is 0 Å². The number of benzene rings is 3. The van der Waals surface area contributed by atoms with E-state index in [1.807, 2.05) is 43.3 Å². The first kappa shape index (κ1) is 20.9. The number of ether oxygens (including phenoxy) is 2. The summed E-state index contributed by atoms with van der Waals surface area (Å²) < 4.78 is 10.7. The van der Waals surface area contributed by atoms with E-state index in [1.54, 1.807) is 37.6 Å². The van der Waals surface area contributed by atoms with Crippen molar-refractivity contribution >= 4 is 28.8 Å². The topological polar surface area (TPSA) is 89.0 Å². The van der Waals surface area contributed by atoms with Gasteiger partial charge in [-0.15, -0.1) is 0 Å². The lowest BCUT2D eigenvalue weighted by atomic mass is 10.0. The number of nitrogens with one attached hydrogen (secondary N) is 2. The second-order valence-corrected chi connectivity index (χ2v) is 6.34. The summed E-state index contributed by atoms with van der Waals surface area (Å²) in [4.78, 5) is 24.2. The van der Waals surface area contributed by atoms with Gasteiger partial charge in [0.1, 0.15) is 11.5 Å². The summed E-state index contributed by atoms with van der Waals surface area (Å²) in [5, 5.41) is 8.60. The number of amides is 2. The normalized spacial score (nSPS) is 10.7. The van der Waals surface area contributed by atoms with Gasteiger partial charge in [0.05, 0.1) is 26.5 Å². The lowest BCUT2D eigenvalue weighted by Crippen LogP contribution is -2.34. The second kappa shape index (κ2) is 10.1. The molecule has 154 valence electrons. The molecule has 2 N–H and O–H groups in total. The van der Waals surface area contributed by atoms with Gasteiger partial charge in [-0.3, -0.25) is 9.59 Å². The number of carbonyl (C=O) groups is 2. The zero-order chi connectivity index (χ0) is 21.3. The van der Waals surface area contributed by atoms with Gasteiger partial charge in [0.25, 0.3) is 11.8 Å². The summed E-state index contributed by atoms with van der Waals surface area (Å²) in [5.41, 5.74) is 3.64. The molecular weight excluding hydrogens is 382 g/mol. The van der Waals surface area contributed by atoms with Crippen LogP contribution in [0.3, 0.4) is 0 Å². The number of carbonyl (C=O) groups excluding carboxylic acids is 2. The number of rotatable bonds is 8. The van der Waals surface area contributed by atoms with E-state index in [2.05, 4.69) is 15.8 Å². The largest absolute Gasteiger partial charge is 0.497 e. The minimum atomic E-state index is -0.439. The number of methoxy groups -OCH3 is 1. The van der Waals surface area contributed by atoms with E-state index in [0.29, 0.717) is 23.7 Å². The molecule has 0 bridgehead atoms. The molecule has 0 saturated heterocycles. The van der Waals surface area contributed by atoms with Gasteiger partial charge in [0, 0.05) is 11.1 Å². The van der Waals surface area contributed by atoms with Gasteiger partial charge in [-0.25, -0.2) is 5.43 Å². The maximum Gasteiger partial charge on any atom is 0.259 e. The zero-order valence-electron chi connectivity index (χ0n) is 16.8. The van der Waals surface area contributed by atoms with Crippen LogP contribution in [0.5, 0.6) is 11.5 Å². The van der Waals surface area contributed by atoms with Crippen molar-refractivity contribution in [3.8, 4) is 11.5 Å². The van der Waals surface area contributed by atoms with Crippen LogP contribution in [0, 0.1) is 0 Å². The Labute approximate surface area is 174 Å². The Hall–Kier alpha value is -3.87. The first-order valence-corrected chi connectivity index (χ1v) is 9.51. The molecule has 2 amide bonds. The average Bonchev–Trinajstić information content (AvgIpc) is 2.78. The van der Waals surface area contributed by atoms with E-state index in [0.717, 1.165) is 16.3 Å². The van der Waals surface area contributed by atoms with Gasteiger partial charge in [0.15, 0.2) is 0 Å². The van der Waals surface area contributed by atoms with Gasteiger partial charge < -0.3 is 14.8 Å². The molecule has 0 unspecified atom stereocenters. The minimum Gasteiger partial charge on any atom is -0.497 e. The molecule has 0 aromatic heterocycles. The number of fused-ring (bicyclic) bond motifs is 1. The summed E-state index contributed by atoms with van der Waals surface area (Å²) in [6.45, 7) is 2.22. The lowest BCUT2D eigenvalue weighted by molar-refractivity contribution is -0.120. The molecule has 0 aliphatic rings. The fourth-order valence-electron chi connectivity index (χ4n) is 2.90. The molecular formula is C23H23N3O4. The van der Waals surface area contributed by atoms with Crippen molar-refractivity contribution in [1.82, 2.24) is 10.7 Å². The number of hydrogen-bond donors (Lipinski definition) is 2. The summed E-state index contributed by atoms with van der Waals surface area (Å²) >= 11 is 0. The molecule has 7 nitrogen and oxygen atoms in total. The molecule has 7 heteroatoms. The van der Waals surface area contributed by atoms with Crippen LogP contribution in [0.25, 0.3) is 10.8 Å². The summed E-state index contributed by atoms with van der Waals surface area (Å²) in [5.74, 6) is 0.538. The van der Waals surface area contributed by atoms with Crippen LogP contribution in [0.2, 0.25) is 0 Å². The molecule has 0 heterocycles. The SMILES string of the molecule is CCOc1ccc2ccccc2c1/C=N/NC(=O)CNC(=O)c1ccc(OC)cc1. The molecule has 30 heavy (non-hydrogen) atoms. The van der Waals surface area contributed by atoms with Crippen LogP contribution in [0.1, 0.15) is 22.8 Å². The van der Waals surface area contributed by atoms with E-state index in [1.165, 1.54) is 0 Å². The standard InChI is InChI=1S/C23H23N3O4/c1-3-30-21-13-10-16-6-4-5-7-19(16)20(21)14-25-26-22(27)15-24-23(28)17-8-11-18(29-2)12-9-17/h4-14H,3,15H2,1-2H3,(H,24,28)(H,26,27)/b25-14+. The van der Waals surface area contributed by atoms with Crippen molar-refractivity contribution in [1.29, 1.82) is 0 Å². The van der Waals surface area contributed by atoms with Crippen molar-refractivity contribution in [2.24, 2.45) is 5.10 Å². The predicted molar refractivity (Wildman–Crippen MR) is 116 cm³/mol. The lowest BCUT2D eigenvalue weighted by Gasteiger charge is -2.10. The van der Waals surface area contributed by atoms with Crippen molar-refractivity contribution in [2.45, 2.75) is 6.92 Å². The molecule has 0 aliphatic heterocycles. The van der Waals surface area contributed by atoms with Crippen LogP contribution in [-0.4, -0.2) is 38.3 Å². The van der Waals surface area contributed by atoms with Gasteiger partial charge in [-0.05, 0) is 48.0 Å².